The number of halogens is 1. The molecule has 3 rings (SSSR count). The number of rotatable bonds is 2. The van der Waals surface area contributed by atoms with Crippen LogP contribution in [0.1, 0.15) is 49.6 Å². The normalized spacial score (nSPS) is 21.6. The van der Waals surface area contributed by atoms with E-state index >= 15 is 0 Å². The molecule has 1 unspecified atom stereocenters. The first-order valence-corrected chi connectivity index (χ1v) is 7.59. The van der Waals surface area contributed by atoms with E-state index in [1.165, 1.54) is 0 Å². The highest BCUT2D eigenvalue weighted by Crippen LogP contribution is 2.40. The molecular weight excluding hydrogens is 318 g/mol. The molecule has 0 aliphatic carbocycles. The molecule has 0 saturated carbocycles. The fraction of sp³-hybridized carbons (Fsp3) is 0.400. The molecule has 0 amide bonds. The van der Waals surface area contributed by atoms with Gasteiger partial charge in [-0.05, 0) is 32.0 Å². The maximum absolute atomic E-state index is 6.28. The van der Waals surface area contributed by atoms with Crippen molar-refractivity contribution in [2.45, 2.75) is 38.5 Å². The Morgan fingerprint density at radius 3 is 2.95 bits per heavy atom. The van der Waals surface area contributed by atoms with Gasteiger partial charge < -0.3 is 10.5 Å². The Labute approximate surface area is 127 Å². The molecule has 2 aromatic rings. The lowest BCUT2D eigenvalue weighted by molar-refractivity contribution is 0.161. The third-order valence-electron chi connectivity index (χ3n) is 3.63. The third kappa shape index (κ3) is 2.47. The van der Waals surface area contributed by atoms with Gasteiger partial charge in [0.2, 0.25) is 0 Å². The molecule has 2 atom stereocenters. The Balaban J connectivity index is 1.88. The van der Waals surface area contributed by atoms with Crippen molar-refractivity contribution in [1.29, 1.82) is 0 Å². The molecule has 1 aliphatic rings. The van der Waals surface area contributed by atoms with E-state index in [9.17, 15) is 0 Å². The second kappa shape index (κ2) is 5.22. The zero-order valence-corrected chi connectivity index (χ0v) is 13.2. The highest BCUT2D eigenvalue weighted by Gasteiger charge is 2.28. The van der Waals surface area contributed by atoms with Gasteiger partial charge >= 0.3 is 0 Å². The minimum absolute atomic E-state index is 0.0105. The van der Waals surface area contributed by atoms with Gasteiger partial charge in [-0.15, -0.1) is 0 Å². The predicted octanol–water partition coefficient (Wildman–Crippen LogP) is 3.75. The van der Waals surface area contributed by atoms with Crippen LogP contribution in [0.5, 0.6) is 5.75 Å². The molecule has 5 heteroatoms. The average Bonchev–Trinajstić information content (AvgIpc) is 2.89. The van der Waals surface area contributed by atoms with E-state index in [1.807, 2.05) is 35.3 Å². The van der Waals surface area contributed by atoms with Crippen molar-refractivity contribution in [3.05, 3.63) is 46.2 Å². The van der Waals surface area contributed by atoms with Crippen molar-refractivity contribution in [3.63, 3.8) is 0 Å². The van der Waals surface area contributed by atoms with Crippen LogP contribution in [0.4, 0.5) is 0 Å². The van der Waals surface area contributed by atoms with Gasteiger partial charge in [0.1, 0.15) is 11.9 Å². The summed E-state index contributed by atoms with van der Waals surface area (Å²) >= 11 is 3.47. The summed E-state index contributed by atoms with van der Waals surface area (Å²) in [4.78, 5) is 0. The summed E-state index contributed by atoms with van der Waals surface area (Å²) < 4.78 is 9.06. The Hall–Kier alpha value is -1.33. The molecule has 1 aliphatic heterocycles. The Morgan fingerprint density at radius 2 is 2.25 bits per heavy atom. The molecule has 1 aromatic carbocycles. The fourth-order valence-corrected chi connectivity index (χ4v) is 2.86. The molecule has 0 fully saturated rings. The number of fused-ring (bicyclic) bond motifs is 1. The van der Waals surface area contributed by atoms with Crippen molar-refractivity contribution in [2.75, 3.05) is 0 Å². The molecule has 20 heavy (non-hydrogen) atoms. The van der Waals surface area contributed by atoms with Crippen molar-refractivity contribution in [1.82, 2.24) is 9.78 Å². The van der Waals surface area contributed by atoms with E-state index in [0.717, 1.165) is 27.8 Å². The first-order valence-electron chi connectivity index (χ1n) is 6.80. The fourth-order valence-electron chi connectivity index (χ4n) is 2.48. The van der Waals surface area contributed by atoms with E-state index in [2.05, 4.69) is 34.9 Å². The highest BCUT2D eigenvalue weighted by atomic mass is 79.9. The highest BCUT2D eigenvalue weighted by molar-refractivity contribution is 9.10. The third-order valence-corrected chi connectivity index (χ3v) is 4.12. The van der Waals surface area contributed by atoms with E-state index in [-0.39, 0.29) is 12.1 Å². The maximum atomic E-state index is 6.28. The summed E-state index contributed by atoms with van der Waals surface area (Å²) in [6.07, 6.45) is 4.67. The van der Waals surface area contributed by atoms with Crippen molar-refractivity contribution >= 4 is 15.9 Å². The van der Waals surface area contributed by atoms with E-state index in [4.69, 9.17) is 10.5 Å². The Morgan fingerprint density at radius 1 is 1.45 bits per heavy atom. The van der Waals surface area contributed by atoms with E-state index in [0.29, 0.717) is 6.04 Å². The molecule has 4 nitrogen and oxygen atoms in total. The number of nitrogens with zero attached hydrogens (tertiary/aromatic N) is 2. The number of nitrogens with two attached hydrogens (primary N) is 1. The summed E-state index contributed by atoms with van der Waals surface area (Å²) in [5, 5.41) is 4.37. The lowest BCUT2D eigenvalue weighted by Crippen LogP contribution is -2.23. The van der Waals surface area contributed by atoms with Gasteiger partial charge in [-0.3, -0.25) is 4.68 Å². The number of hydrogen-bond donors (Lipinski definition) is 1. The SMILES string of the molecule is CC(C)n1cc(C2C[C@H](N)c3cc(Br)ccc3O2)cn1. The second-order valence-corrected chi connectivity index (χ2v) is 6.39. The van der Waals surface area contributed by atoms with Crippen LogP contribution in [0, 0.1) is 0 Å². The van der Waals surface area contributed by atoms with Crippen LogP contribution in [0.2, 0.25) is 0 Å². The van der Waals surface area contributed by atoms with Gasteiger partial charge in [-0.25, -0.2) is 0 Å². The van der Waals surface area contributed by atoms with Gasteiger partial charge in [0.25, 0.3) is 0 Å². The summed E-state index contributed by atoms with van der Waals surface area (Å²) in [7, 11) is 0. The molecule has 106 valence electrons. The smallest absolute Gasteiger partial charge is 0.129 e. The summed E-state index contributed by atoms with van der Waals surface area (Å²) in [5.74, 6) is 0.870. The molecule has 2 N–H and O–H groups in total. The molecule has 2 heterocycles. The van der Waals surface area contributed by atoms with Crippen molar-refractivity contribution < 1.29 is 4.74 Å². The number of aromatic nitrogens is 2. The quantitative estimate of drug-likeness (QED) is 0.909. The summed E-state index contributed by atoms with van der Waals surface area (Å²) in [6.45, 7) is 4.22. The van der Waals surface area contributed by atoms with Gasteiger partial charge in [0.15, 0.2) is 0 Å². The van der Waals surface area contributed by atoms with Crippen LogP contribution in [-0.2, 0) is 0 Å². The number of benzene rings is 1. The van der Waals surface area contributed by atoms with Gasteiger partial charge in [-0.1, -0.05) is 15.9 Å². The van der Waals surface area contributed by atoms with Gasteiger partial charge in [-0.2, -0.15) is 5.10 Å². The summed E-state index contributed by atoms with van der Waals surface area (Å²) in [5.41, 5.74) is 8.43. The standard InChI is InChI=1S/C15H18BrN3O/c1-9(2)19-8-10(7-18-19)15-6-13(17)12-5-11(16)3-4-14(12)20-15/h3-5,7-9,13,15H,6,17H2,1-2H3/t13-,15?/m0/s1. The zero-order chi connectivity index (χ0) is 14.3. The minimum Gasteiger partial charge on any atom is -0.485 e. The van der Waals surface area contributed by atoms with E-state index < -0.39 is 0 Å². The van der Waals surface area contributed by atoms with Crippen molar-refractivity contribution in [3.8, 4) is 5.75 Å². The molecule has 0 saturated heterocycles. The van der Waals surface area contributed by atoms with Crippen LogP contribution >= 0.6 is 15.9 Å². The molecule has 0 radical (unpaired) electrons. The molecule has 0 bridgehead atoms. The Bertz CT molecular complexity index is 623. The van der Waals surface area contributed by atoms with Crippen LogP contribution < -0.4 is 10.5 Å². The van der Waals surface area contributed by atoms with Crippen LogP contribution in [0.25, 0.3) is 0 Å². The van der Waals surface area contributed by atoms with Crippen molar-refractivity contribution in [2.24, 2.45) is 5.73 Å². The summed E-state index contributed by atoms with van der Waals surface area (Å²) in [6, 6.07) is 6.32. The van der Waals surface area contributed by atoms with E-state index in [1.54, 1.807) is 0 Å². The lowest BCUT2D eigenvalue weighted by atomic mass is 9.95. The number of ether oxygens (including phenoxy) is 1. The van der Waals surface area contributed by atoms with Gasteiger partial charge in [0.05, 0.1) is 6.20 Å². The first kappa shape index (κ1) is 13.6. The topological polar surface area (TPSA) is 53.1 Å². The predicted molar refractivity (Wildman–Crippen MR) is 81.7 cm³/mol. The van der Waals surface area contributed by atoms with Crippen LogP contribution in [-0.4, -0.2) is 9.78 Å². The molecular formula is C15H18BrN3O. The molecule has 0 spiro atoms. The van der Waals surface area contributed by atoms with Crippen LogP contribution in [0.3, 0.4) is 0 Å². The Kier molecular flexibility index (Phi) is 3.56. The zero-order valence-electron chi connectivity index (χ0n) is 11.6. The molecule has 1 aromatic heterocycles. The monoisotopic (exact) mass is 335 g/mol. The average molecular weight is 336 g/mol. The second-order valence-electron chi connectivity index (χ2n) is 5.48. The van der Waals surface area contributed by atoms with Crippen LogP contribution in [0.15, 0.2) is 35.1 Å². The maximum Gasteiger partial charge on any atom is 0.129 e. The van der Waals surface area contributed by atoms with Gasteiger partial charge in [0, 0.05) is 40.3 Å². The lowest BCUT2D eigenvalue weighted by Gasteiger charge is -2.30. The first-order chi connectivity index (χ1) is 9.54. The largest absolute Gasteiger partial charge is 0.485 e. The number of hydrogen-bond acceptors (Lipinski definition) is 3. The minimum atomic E-state index is -0.0221.